The summed E-state index contributed by atoms with van der Waals surface area (Å²) in [4.78, 5) is 25.1. The van der Waals surface area contributed by atoms with Crippen molar-refractivity contribution < 1.29 is 9.59 Å². The second-order valence-electron chi connectivity index (χ2n) is 5.01. The van der Waals surface area contributed by atoms with E-state index in [-0.39, 0.29) is 17.9 Å². The lowest BCUT2D eigenvalue weighted by molar-refractivity contribution is -0.140. The standard InChI is InChI=1S/C13H19NO2/c1-4-10-5-6-11(9(10)3)14-12(15)7-8(2)13(14)16/h7,9-11H,4-6H2,1-3H3. The van der Waals surface area contributed by atoms with Gasteiger partial charge in [0.1, 0.15) is 0 Å². The second kappa shape index (κ2) is 4.04. The Balaban J connectivity index is 2.16. The second-order valence-corrected chi connectivity index (χ2v) is 5.01. The zero-order valence-corrected chi connectivity index (χ0v) is 10.2. The highest BCUT2D eigenvalue weighted by atomic mass is 16.2. The van der Waals surface area contributed by atoms with E-state index in [1.54, 1.807) is 6.92 Å². The maximum atomic E-state index is 11.9. The zero-order valence-electron chi connectivity index (χ0n) is 10.2. The van der Waals surface area contributed by atoms with E-state index in [0.717, 1.165) is 19.3 Å². The Morgan fingerprint density at radius 1 is 1.38 bits per heavy atom. The first kappa shape index (κ1) is 11.4. The van der Waals surface area contributed by atoms with Gasteiger partial charge in [0, 0.05) is 17.7 Å². The summed E-state index contributed by atoms with van der Waals surface area (Å²) in [6.07, 6.45) is 4.71. The molecule has 1 heterocycles. The molecule has 0 spiro atoms. The minimum atomic E-state index is -0.115. The number of hydrogen-bond donors (Lipinski definition) is 0. The largest absolute Gasteiger partial charge is 0.272 e. The summed E-state index contributed by atoms with van der Waals surface area (Å²) in [7, 11) is 0. The van der Waals surface area contributed by atoms with E-state index in [0.29, 0.717) is 17.4 Å². The molecule has 1 fully saturated rings. The average molecular weight is 221 g/mol. The minimum Gasteiger partial charge on any atom is -0.272 e. The van der Waals surface area contributed by atoms with Crippen LogP contribution in [0.4, 0.5) is 0 Å². The number of amides is 2. The molecule has 88 valence electrons. The Morgan fingerprint density at radius 2 is 2.06 bits per heavy atom. The molecule has 0 radical (unpaired) electrons. The fourth-order valence-electron chi connectivity index (χ4n) is 3.09. The highest BCUT2D eigenvalue weighted by Gasteiger charge is 2.42. The predicted molar refractivity (Wildman–Crippen MR) is 61.6 cm³/mol. The number of carbonyl (C=O) groups excluding carboxylic acids is 2. The summed E-state index contributed by atoms with van der Waals surface area (Å²) in [5.41, 5.74) is 0.581. The van der Waals surface area contributed by atoms with Gasteiger partial charge >= 0.3 is 0 Å². The molecule has 0 saturated heterocycles. The molecule has 3 unspecified atom stereocenters. The monoisotopic (exact) mass is 221 g/mol. The van der Waals surface area contributed by atoms with E-state index in [9.17, 15) is 9.59 Å². The van der Waals surface area contributed by atoms with Crippen LogP contribution in [0, 0.1) is 11.8 Å². The van der Waals surface area contributed by atoms with Crippen molar-refractivity contribution in [3.05, 3.63) is 11.6 Å². The van der Waals surface area contributed by atoms with Crippen LogP contribution < -0.4 is 0 Å². The van der Waals surface area contributed by atoms with E-state index in [4.69, 9.17) is 0 Å². The average Bonchev–Trinajstić information content (AvgIpc) is 2.70. The van der Waals surface area contributed by atoms with Crippen LogP contribution in [0.25, 0.3) is 0 Å². The Kier molecular flexibility index (Phi) is 2.87. The van der Waals surface area contributed by atoms with E-state index in [1.807, 2.05) is 0 Å². The number of imide groups is 1. The third kappa shape index (κ3) is 1.58. The summed E-state index contributed by atoms with van der Waals surface area (Å²) >= 11 is 0. The van der Waals surface area contributed by atoms with Gasteiger partial charge < -0.3 is 0 Å². The van der Waals surface area contributed by atoms with Crippen LogP contribution in [0.5, 0.6) is 0 Å². The molecule has 0 aromatic carbocycles. The SMILES string of the molecule is CCC1CCC(N2C(=O)C=C(C)C2=O)C1C. The van der Waals surface area contributed by atoms with Gasteiger partial charge in [0.15, 0.2) is 0 Å². The van der Waals surface area contributed by atoms with Crippen molar-refractivity contribution in [2.24, 2.45) is 11.8 Å². The molecule has 2 rings (SSSR count). The summed E-state index contributed by atoms with van der Waals surface area (Å²) in [5, 5.41) is 0. The smallest absolute Gasteiger partial charge is 0.256 e. The van der Waals surface area contributed by atoms with Gasteiger partial charge in [-0.25, -0.2) is 0 Å². The van der Waals surface area contributed by atoms with Crippen LogP contribution in [-0.4, -0.2) is 22.8 Å². The van der Waals surface area contributed by atoms with Crippen molar-refractivity contribution >= 4 is 11.8 Å². The fraction of sp³-hybridized carbons (Fsp3) is 0.692. The lowest BCUT2D eigenvalue weighted by atomic mass is 9.93. The van der Waals surface area contributed by atoms with Crippen molar-refractivity contribution in [3.63, 3.8) is 0 Å². The lowest BCUT2D eigenvalue weighted by Gasteiger charge is -2.27. The first-order valence-electron chi connectivity index (χ1n) is 6.12. The van der Waals surface area contributed by atoms with Gasteiger partial charge in [-0.05, 0) is 31.6 Å². The number of hydrogen-bond acceptors (Lipinski definition) is 2. The minimum absolute atomic E-state index is 0.0846. The molecule has 0 aromatic heterocycles. The van der Waals surface area contributed by atoms with Gasteiger partial charge in [-0.2, -0.15) is 0 Å². The maximum absolute atomic E-state index is 11.9. The topological polar surface area (TPSA) is 37.4 Å². The van der Waals surface area contributed by atoms with E-state index in [1.165, 1.54) is 11.0 Å². The molecule has 1 saturated carbocycles. The number of nitrogens with zero attached hydrogens (tertiary/aromatic N) is 1. The third-order valence-electron chi connectivity index (χ3n) is 4.17. The molecule has 1 aliphatic carbocycles. The highest BCUT2D eigenvalue weighted by Crippen LogP contribution is 2.38. The van der Waals surface area contributed by atoms with Crippen molar-refractivity contribution in [1.29, 1.82) is 0 Å². The molecular weight excluding hydrogens is 202 g/mol. The molecule has 0 N–H and O–H groups in total. The summed E-state index contributed by atoms with van der Waals surface area (Å²) < 4.78 is 0. The highest BCUT2D eigenvalue weighted by molar-refractivity contribution is 6.16. The van der Waals surface area contributed by atoms with Crippen LogP contribution in [0.2, 0.25) is 0 Å². The van der Waals surface area contributed by atoms with E-state index >= 15 is 0 Å². The number of rotatable bonds is 2. The quantitative estimate of drug-likeness (QED) is 0.670. The zero-order chi connectivity index (χ0) is 11.9. The predicted octanol–water partition coefficient (Wildman–Crippen LogP) is 2.13. The Morgan fingerprint density at radius 3 is 2.50 bits per heavy atom. The van der Waals surface area contributed by atoms with Gasteiger partial charge in [0.2, 0.25) is 0 Å². The Hall–Kier alpha value is -1.12. The van der Waals surface area contributed by atoms with Gasteiger partial charge in [-0.3, -0.25) is 14.5 Å². The van der Waals surface area contributed by atoms with Crippen LogP contribution in [0.3, 0.4) is 0 Å². The van der Waals surface area contributed by atoms with Crippen LogP contribution in [0.15, 0.2) is 11.6 Å². The molecule has 16 heavy (non-hydrogen) atoms. The van der Waals surface area contributed by atoms with Crippen LogP contribution >= 0.6 is 0 Å². The first-order chi connectivity index (χ1) is 7.56. The maximum Gasteiger partial charge on any atom is 0.256 e. The molecule has 3 atom stereocenters. The summed E-state index contributed by atoms with van der Waals surface area (Å²) in [6.45, 7) is 6.07. The summed E-state index contributed by atoms with van der Waals surface area (Å²) in [5.74, 6) is 0.901. The first-order valence-corrected chi connectivity index (χ1v) is 6.12. The van der Waals surface area contributed by atoms with Crippen molar-refractivity contribution in [1.82, 2.24) is 4.90 Å². The molecule has 0 aromatic rings. The third-order valence-corrected chi connectivity index (χ3v) is 4.17. The van der Waals surface area contributed by atoms with E-state index in [2.05, 4.69) is 13.8 Å². The fourth-order valence-corrected chi connectivity index (χ4v) is 3.09. The van der Waals surface area contributed by atoms with Crippen LogP contribution in [0.1, 0.15) is 40.0 Å². The van der Waals surface area contributed by atoms with Crippen LogP contribution in [-0.2, 0) is 9.59 Å². The molecule has 2 aliphatic rings. The van der Waals surface area contributed by atoms with Crippen molar-refractivity contribution in [3.8, 4) is 0 Å². The molecule has 3 heteroatoms. The molecule has 1 aliphatic heterocycles. The Bertz CT molecular complexity index is 359. The Labute approximate surface area is 96.5 Å². The van der Waals surface area contributed by atoms with Crippen molar-refractivity contribution in [2.75, 3.05) is 0 Å². The number of carbonyl (C=O) groups is 2. The lowest BCUT2D eigenvalue weighted by Crippen LogP contribution is -2.42. The van der Waals surface area contributed by atoms with Gasteiger partial charge in [-0.15, -0.1) is 0 Å². The summed E-state index contributed by atoms with van der Waals surface area (Å²) in [6, 6.07) is 0.124. The normalized spacial score (nSPS) is 34.8. The van der Waals surface area contributed by atoms with Gasteiger partial charge in [0.25, 0.3) is 11.8 Å². The van der Waals surface area contributed by atoms with Gasteiger partial charge in [0.05, 0.1) is 0 Å². The molecule has 0 bridgehead atoms. The molecule has 3 nitrogen and oxygen atoms in total. The van der Waals surface area contributed by atoms with E-state index < -0.39 is 0 Å². The molecule has 2 amide bonds. The van der Waals surface area contributed by atoms with Crippen molar-refractivity contribution in [2.45, 2.75) is 46.1 Å². The molecular formula is C13H19NO2. The van der Waals surface area contributed by atoms with Gasteiger partial charge in [-0.1, -0.05) is 20.3 Å².